The van der Waals surface area contributed by atoms with Gasteiger partial charge in [0.15, 0.2) is 0 Å². The first-order chi connectivity index (χ1) is 15.8. The van der Waals surface area contributed by atoms with Crippen LogP contribution >= 0.6 is 0 Å². The Labute approximate surface area is 200 Å². The fourth-order valence-corrected chi connectivity index (χ4v) is 4.84. The van der Waals surface area contributed by atoms with Crippen molar-refractivity contribution in [2.24, 2.45) is 0 Å². The van der Waals surface area contributed by atoms with Crippen molar-refractivity contribution in [3.8, 4) is 0 Å². The molecular formula is C29H42F2N2. The summed E-state index contributed by atoms with van der Waals surface area (Å²) in [7, 11) is 0. The predicted molar refractivity (Wildman–Crippen MR) is 135 cm³/mol. The van der Waals surface area contributed by atoms with E-state index in [0.29, 0.717) is 12.3 Å². The molecule has 0 fully saturated rings. The van der Waals surface area contributed by atoms with Gasteiger partial charge in [0.25, 0.3) is 0 Å². The van der Waals surface area contributed by atoms with Gasteiger partial charge in [0.05, 0.1) is 6.67 Å². The van der Waals surface area contributed by atoms with Gasteiger partial charge in [-0.3, -0.25) is 14.2 Å². The molecular weight excluding hydrogens is 414 g/mol. The van der Waals surface area contributed by atoms with Gasteiger partial charge < -0.3 is 0 Å². The smallest absolute Gasteiger partial charge is 0.126 e. The third-order valence-corrected chi connectivity index (χ3v) is 7.08. The van der Waals surface area contributed by atoms with Crippen LogP contribution in [0.1, 0.15) is 86.3 Å². The Morgan fingerprint density at radius 1 is 0.818 bits per heavy atom. The Bertz CT molecular complexity index is 907. The molecule has 2 heterocycles. The fraction of sp³-hybridized carbons (Fsp3) is 0.586. The molecule has 0 N–H and O–H groups in total. The molecule has 4 heteroatoms. The number of hydrogen-bond donors (Lipinski definition) is 0. The predicted octanol–water partition coefficient (Wildman–Crippen LogP) is 6.85. The normalized spacial score (nSPS) is 16.4. The SMILES string of the molecule is CC(C)c1ccc2c(c1)CN(CCCF)CC2.CCN1CCc2cc(F)c(C(C)C)cc2C1. The van der Waals surface area contributed by atoms with Gasteiger partial charge in [-0.1, -0.05) is 58.9 Å². The Morgan fingerprint density at radius 2 is 1.48 bits per heavy atom. The van der Waals surface area contributed by atoms with Crippen LogP contribution in [0.4, 0.5) is 8.78 Å². The Balaban J connectivity index is 0.000000186. The summed E-state index contributed by atoms with van der Waals surface area (Å²) < 4.78 is 26.0. The van der Waals surface area contributed by atoms with Crippen LogP contribution in [0.2, 0.25) is 0 Å². The molecule has 33 heavy (non-hydrogen) atoms. The molecule has 2 aliphatic rings. The highest BCUT2D eigenvalue weighted by atomic mass is 19.1. The summed E-state index contributed by atoms with van der Waals surface area (Å²) in [5.74, 6) is 0.822. The molecule has 0 amide bonds. The average molecular weight is 457 g/mol. The minimum atomic E-state index is -0.199. The van der Waals surface area contributed by atoms with E-state index in [9.17, 15) is 8.78 Å². The third-order valence-electron chi connectivity index (χ3n) is 7.08. The van der Waals surface area contributed by atoms with E-state index in [1.165, 1.54) is 27.8 Å². The molecule has 0 saturated carbocycles. The Hall–Kier alpha value is -1.78. The van der Waals surface area contributed by atoms with E-state index >= 15 is 0 Å². The first kappa shape index (κ1) is 25.8. The molecule has 2 aromatic rings. The number of likely N-dealkylation sites (N-methyl/N-ethyl adjacent to an activating group) is 1. The molecule has 0 aliphatic carbocycles. The zero-order valence-corrected chi connectivity index (χ0v) is 21.3. The molecule has 2 aromatic carbocycles. The lowest BCUT2D eigenvalue weighted by atomic mass is 9.93. The van der Waals surface area contributed by atoms with Crippen molar-refractivity contribution in [3.63, 3.8) is 0 Å². The van der Waals surface area contributed by atoms with Crippen LogP contribution in [0.3, 0.4) is 0 Å². The van der Waals surface area contributed by atoms with Crippen molar-refractivity contribution < 1.29 is 8.78 Å². The summed E-state index contributed by atoms with van der Waals surface area (Å²) in [6.45, 7) is 16.6. The third kappa shape index (κ3) is 6.86. The van der Waals surface area contributed by atoms with Crippen LogP contribution < -0.4 is 0 Å². The molecule has 0 radical (unpaired) electrons. The van der Waals surface area contributed by atoms with Gasteiger partial charge in [-0.05, 0) is 77.1 Å². The van der Waals surface area contributed by atoms with Gasteiger partial charge in [-0.15, -0.1) is 0 Å². The molecule has 0 spiro atoms. The summed E-state index contributed by atoms with van der Waals surface area (Å²) in [6.07, 6.45) is 2.76. The van der Waals surface area contributed by atoms with Gasteiger partial charge in [-0.2, -0.15) is 0 Å². The fourth-order valence-electron chi connectivity index (χ4n) is 4.84. The van der Waals surface area contributed by atoms with Crippen LogP contribution in [-0.2, 0) is 25.9 Å². The monoisotopic (exact) mass is 456 g/mol. The maximum absolute atomic E-state index is 13.8. The van der Waals surface area contributed by atoms with E-state index in [4.69, 9.17) is 0 Å². The standard InChI is InChI=1S/C15H22FN.C14H20FN/c1-12(2)14-5-4-13-6-9-17(8-3-7-16)11-15(13)10-14;1-4-16-6-5-11-8-14(15)13(10(2)3)7-12(11)9-16/h4-5,10,12H,3,6-9,11H2,1-2H3;7-8,10H,4-6,9H2,1-3H3. The number of halogens is 2. The Morgan fingerprint density at radius 3 is 2.15 bits per heavy atom. The number of alkyl halides is 1. The van der Waals surface area contributed by atoms with Gasteiger partial charge in [0.2, 0.25) is 0 Å². The first-order valence-electron chi connectivity index (χ1n) is 12.8. The summed E-state index contributed by atoms with van der Waals surface area (Å²) in [6, 6.07) is 10.7. The highest BCUT2D eigenvalue weighted by Crippen LogP contribution is 2.27. The second-order valence-electron chi connectivity index (χ2n) is 10.2. The van der Waals surface area contributed by atoms with Crippen molar-refractivity contribution in [3.05, 3.63) is 69.5 Å². The van der Waals surface area contributed by atoms with Crippen molar-refractivity contribution in [1.82, 2.24) is 9.80 Å². The van der Waals surface area contributed by atoms with Gasteiger partial charge in [-0.25, -0.2) is 4.39 Å². The molecule has 2 aliphatic heterocycles. The van der Waals surface area contributed by atoms with E-state index in [0.717, 1.165) is 57.7 Å². The summed E-state index contributed by atoms with van der Waals surface area (Å²) >= 11 is 0. The van der Waals surface area contributed by atoms with E-state index < -0.39 is 0 Å². The second kappa shape index (κ2) is 12.1. The number of benzene rings is 2. The van der Waals surface area contributed by atoms with Crippen molar-refractivity contribution >= 4 is 0 Å². The number of nitrogens with zero attached hydrogens (tertiary/aromatic N) is 2. The second-order valence-corrected chi connectivity index (χ2v) is 10.2. The minimum absolute atomic E-state index is 0.0290. The van der Waals surface area contributed by atoms with Crippen LogP contribution in [0.5, 0.6) is 0 Å². The lowest BCUT2D eigenvalue weighted by Gasteiger charge is -2.29. The quantitative estimate of drug-likeness (QED) is 0.469. The Kier molecular flexibility index (Phi) is 9.46. The van der Waals surface area contributed by atoms with Crippen LogP contribution in [0.15, 0.2) is 30.3 Å². The summed E-state index contributed by atoms with van der Waals surface area (Å²) in [4.78, 5) is 4.77. The molecule has 4 rings (SSSR count). The van der Waals surface area contributed by atoms with E-state index in [1.54, 1.807) is 6.07 Å². The minimum Gasteiger partial charge on any atom is -0.299 e. The van der Waals surface area contributed by atoms with Crippen LogP contribution in [-0.4, -0.2) is 42.7 Å². The molecule has 0 saturated heterocycles. The number of rotatable bonds is 6. The summed E-state index contributed by atoms with van der Waals surface area (Å²) in [5.41, 5.74) is 7.71. The molecule has 0 unspecified atom stereocenters. The maximum Gasteiger partial charge on any atom is 0.126 e. The van der Waals surface area contributed by atoms with Crippen LogP contribution in [0, 0.1) is 5.82 Å². The topological polar surface area (TPSA) is 6.48 Å². The molecule has 0 bridgehead atoms. The number of fused-ring (bicyclic) bond motifs is 2. The average Bonchev–Trinajstić information content (AvgIpc) is 2.81. The zero-order valence-electron chi connectivity index (χ0n) is 21.3. The highest BCUT2D eigenvalue weighted by molar-refractivity contribution is 5.36. The number of hydrogen-bond acceptors (Lipinski definition) is 2. The lowest BCUT2D eigenvalue weighted by molar-refractivity contribution is 0.241. The molecule has 0 aromatic heterocycles. The van der Waals surface area contributed by atoms with Gasteiger partial charge >= 0.3 is 0 Å². The van der Waals surface area contributed by atoms with Gasteiger partial charge in [0, 0.05) is 32.7 Å². The van der Waals surface area contributed by atoms with Gasteiger partial charge in [0.1, 0.15) is 5.82 Å². The maximum atomic E-state index is 13.8. The first-order valence-corrected chi connectivity index (χ1v) is 12.8. The highest BCUT2D eigenvalue weighted by Gasteiger charge is 2.19. The largest absolute Gasteiger partial charge is 0.299 e. The molecule has 0 atom stereocenters. The lowest BCUT2D eigenvalue weighted by Crippen LogP contribution is -2.31. The molecule has 2 nitrogen and oxygen atoms in total. The van der Waals surface area contributed by atoms with E-state index in [-0.39, 0.29) is 18.4 Å². The van der Waals surface area contributed by atoms with Crippen LogP contribution in [0.25, 0.3) is 0 Å². The molecule has 182 valence electrons. The summed E-state index contributed by atoms with van der Waals surface area (Å²) in [5, 5.41) is 0. The zero-order chi connectivity index (χ0) is 24.0. The van der Waals surface area contributed by atoms with Crippen molar-refractivity contribution in [2.75, 3.05) is 32.9 Å². The van der Waals surface area contributed by atoms with Crippen molar-refractivity contribution in [1.29, 1.82) is 0 Å². The van der Waals surface area contributed by atoms with E-state index in [2.05, 4.69) is 54.8 Å². The van der Waals surface area contributed by atoms with E-state index in [1.807, 2.05) is 13.8 Å². The van der Waals surface area contributed by atoms with Crippen molar-refractivity contribution in [2.45, 2.75) is 78.8 Å².